The second-order valence-corrected chi connectivity index (χ2v) is 8.13. The van der Waals surface area contributed by atoms with Crippen LogP contribution in [0.25, 0.3) is 21.3 Å². The first-order chi connectivity index (χ1) is 13.9. The number of benzene rings is 3. The molecular formula is C23H19FN2O2S. The summed E-state index contributed by atoms with van der Waals surface area (Å²) < 4.78 is 15.7. The van der Waals surface area contributed by atoms with Crippen LogP contribution in [-0.2, 0) is 0 Å². The van der Waals surface area contributed by atoms with Gasteiger partial charge in [-0.1, -0.05) is 49.4 Å². The van der Waals surface area contributed by atoms with Crippen LogP contribution < -0.4 is 5.32 Å². The Kier molecular flexibility index (Phi) is 5.03. The number of nitrogens with zero attached hydrogens (tertiary/aromatic N) is 1. The smallest absolute Gasteiger partial charge is 0.335 e. The largest absolute Gasteiger partial charge is 0.478 e. The van der Waals surface area contributed by atoms with Crippen LogP contribution in [0.2, 0.25) is 0 Å². The number of carbonyl (C=O) groups is 1. The highest BCUT2D eigenvalue weighted by Crippen LogP contribution is 2.32. The Morgan fingerprint density at radius 1 is 1.03 bits per heavy atom. The first-order valence-corrected chi connectivity index (χ1v) is 10.0. The third-order valence-electron chi connectivity index (χ3n) is 4.76. The number of aromatic nitrogens is 1. The summed E-state index contributed by atoms with van der Waals surface area (Å²) in [4.78, 5) is 15.5. The van der Waals surface area contributed by atoms with Crippen molar-refractivity contribution in [1.82, 2.24) is 4.98 Å². The van der Waals surface area contributed by atoms with Crippen LogP contribution in [-0.4, -0.2) is 16.1 Å². The first-order valence-electron chi connectivity index (χ1n) is 9.21. The van der Waals surface area contributed by atoms with E-state index in [0.717, 1.165) is 15.8 Å². The van der Waals surface area contributed by atoms with E-state index in [9.17, 15) is 9.18 Å². The summed E-state index contributed by atoms with van der Waals surface area (Å²) in [6.07, 6.45) is 0. The molecule has 0 fully saturated rings. The molecular weight excluding hydrogens is 387 g/mol. The molecule has 0 saturated carbocycles. The monoisotopic (exact) mass is 406 g/mol. The Bertz CT molecular complexity index is 1200. The number of hydrogen-bond donors (Lipinski definition) is 2. The van der Waals surface area contributed by atoms with Gasteiger partial charge in [0, 0.05) is 0 Å². The number of carboxylic acid groups (broad SMARTS) is 1. The average molecular weight is 406 g/mol. The lowest BCUT2D eigenvalue weighted by molar-refractivity contribution is 0.0697. The van der Waals surface area contributed by atoms with Gasteiger partial charge in [-0.25, -0.2) is 14.2 Å². The molecule has 4 nitrogen and oxygen atoms in total. The molecule has 0 unspecified atom stereocenters. The summed E-state index contributed by atoms with van der Waals surface area (Å²) in [7, 11) is 0. The summed E-state index contributed by atoms with van der Waals surface area (Å²) in [5.41, 5.74) is 4.11. The van der Waals surface area contributed by atoms with Gasteiger partial charge in [-0.05, 0) is 59.0 Å². The van der Waals surface area contributed by atoms with Crippen LogP contribution in [0.15, 0.2) is 60.7 Å². The molecule has 0 aliphatic rings. The van der Waals surface area contributed by atoms with Gasteiger partial charge in [0.25, 0.3) is 0 Å². The fourth-order valence-electron chi connectivity index (χ4n) is 3.07. The maximum atomic E-state index is 14.7. The van der Waals surface area contributed by atoms with Gasteiger partial charge >= 0.3 is 5.97 Å². The number of rotatable bonds is 5. The lowest BCUT2D eigenvalue weighted by atomic mass is 10.0. The summed E-state index contributed by atoms with van der Waals surface area (Å²) in [5.74, 6) is -0.946. The van der Waals surface area contributed by atoms with Gasteiger partial charge in [0.15, 0.2) is 5.13 Å². The molecule has 0 radical (unpaired) electrons. The Morgan fingerprint density at radius 2 is 1.76 bits per heavy atom. The van der Waals surface area contributed by atoms with Crippen molar-refractivity contribution in [2.24, 2.45) is 0 Å². The Balaban J connectivity index is 1.58. The van der Waals surface area contributed by atoms with E-state index in [-0.39, 0.29) is 5.56 Å². The molecule has 2 N–H and O–H groups in total. The van der Waals surface area contributed by atoms with E-state index in [4.69, 9.17) is 5.11 Å². The standard InChI is InChI=1S/C23H19FN2O2S/c1-13(2)16-7-10-20-21(12-16)29-23(26-20)25-19-9-8-17(11-18(19)24)14-3-5-15(6-4-14)22(27)28/h3-13H,1-2H3,(H,25,26)(H,27,28). The van der Waals surface area contributed by atoms with E-state index in [0.29, 0.717) is 22.3 Å². The van der Waals surface area contributed by atoms with Gasteiger partial charge in [0.1, 0.15) is 5.82 Å². The van der Waals surface area contributed by atoms with Crippen LogP contribution in [0.5, 0.6) is 0 Å². The topological polar surface area (TPSA) is 62.2 Å². The van der Waals surface area contributed by atoms with Gasteiger partial charge in [0.05, 0.1) is 21.5 Å². The third-order valence-corrected chi connectivity index (χ3v) is 5.69. The molecule has 0 saturated heterocycles. The van der Waals surface area contributed by atoms with Crippen molar-refractivity contribution >= 4 is 38.3 Å². The summed E-state index contributed by atoms with van der Waals surface area (Å²) in [6, 6.07) is 17.4. The van der Waals surface area contributed by atoms with Crippen molar-refractivity contribution in [3.63, 3.8) is 0 Å². The zero-order valence-corrected chi connectivity index (χ0v) is 16.8. The number of aromatic carboxylic acids is 1. The van der Waals surface area contributed by atoms with Gasteiger partial charge < -0.3 is 10.4 Å². The molecule has 0 amide bonds. The van der Waals surface area contributed by atoms with E-state index < -0.39 is 11.8 Å². The molecule has 0 spiro atoms. The van der Waals surface area contributed by atoms with E-state index in [2.05, 4.69) is 36.3 Å². The van der Waals surface area contributed by atoms with Crippen molar-refractivity contribution in [2.45, 2.75) is 19.8 Å². The highest BCUT2D eigenvalue weighted by Gasteiger charge is 2.11. The number of carboxylic acids is 1. The van der Waals surface area contributed by atoms with E-state index >= 15 is 0 Å². The number of thiazole rings is 1. The Morgan fingerprint density at radius 3 is 2.41 bits per heavy atom. The SMILES string of the molecule is CC(C)c1ccc2nc(Nc3ccc(-c4ccc(C(=O)O)cc4)cc3F)sc2c1. The lowest BCUT2D eigenvalue weighted by Crippen LogP contribution is -1.96. The molecule has 29 heavy (non-hydrogen) atoms. The maximum Gasteiger partial charge on any atom is 0.335 e. The molecule has 0 aliphatic carbocycles. The normalized spacial score (nSPS) is 11.2. The van der Waals surface area contributed by atoms with Crippen molar-refractivity contribution in [3.8, 4) is 11.1 Å². The van der Waals surface area contributed by atoms with Gasteiger partial charge in [-0.3, -0.25) is 0 Å². The van der Waals surface area contributed by atoms with Crippen LogP contribution in [0.1, 0.15) is 35.7 Å². The number of anilines is 2. The molecule has 3 aromatic carbocycles. The predicted molar refractivity (Wildman–Crippen MR) is 116 cm³/mol. The summed E-state index contributed by atoms with van der Waals surface area (Å²) in [5, 5.41) is 12.7. The summed E-state index contributed by atoms with van der Waals surface area (Å²) in [6.45, 7) is 4.29. The molecule has 1 aromatic heterocycles. The number of nitrogens with one attached hydrogen (secondary N) is 1. The van der Waals surface area contributed by atoms with Crippen molar-refractivity contribution in [1.29, 1.82) is 0 Å². The molecule has 1 heterocycles. The lowest BCUT2D eigenvalue weighted by Gasteiger charge is -2.07. The fourth-order valence-corrected chi connectivity index (χ4v) is 4.00. The van der Waals surface area contributed by atoms with Crippen molar-refractivity contribution in [2.75, 3.05) is 5.32 Å². The highest BCUT2D eigenvalue weighted by molar-refractivity contribution is 7.22. The van der Waals surface area contributed by atoms with Crippen LogP contribution >= 0.6 is 11.3 Å². The molecule has 0 aliphatic heterocycles. The van der Waals surface area contributed by atoms with Gasteiger partial charge in [0.2, 0.25) is 0 Å². The Hall–Kier alpha value is -3.25. The molecule has 0 atom stereocenters. The average Bonchev–Trinajstić information content (AvgIpc) is 3.11. The number of hydrogen-bond acceptors (Lipinski definition) is 4. The predicted octanol–water partition coefficient (Wildman–Crippen LogP) is 6.67. The fraction of sp³-hybridized carbons (Fsp3) is 0.130. The van der Waals surface area contributed by atoms with Crippen molar-refractivity contribution in [3.05, 3.63) is 77.6 Å². The van der Waals surface area contributed by atoms with Crippen LogP contribution in [0, 0.1) is 5.82 Å². The second kappa shape index (κ2) is 7.64. The first kappa shape index (κ1) is 19.1. The van der Waals surface area contributed by atoms with Crippen LogP contribution in [0.4, 0.5) is 15.2 Å². The summed E-state index contributed by atoms with van der Waals surface area (Å²) >= 11 is 1.49. The highest BCUT2D eigenvalue weighted by atomic mass is 32.1. The second-order valence-electron chi connectivity index (χ2n) is 7.10. The maximum absolute atomic E-state index is 14.7. The van der Waals surface area contributed by atoms with Crippen molar-refractivity contribution < 1.29 is 14.3 Å². The minimum absolute atomic E-state index is 0.198. The van der Waals surface area contributed by atoms with E-state index in [1.807, 2.05) is 6.07 Å². The zero-order valence-electron chi connectivity index (χ0n) is 15.9. The minimum atomic E-state index is -0.987. The molecule has 146 valence electrons. The number of halogens is 1. The molecule has 4 aromatic rings. The van der Waals surface area contributed by atoms with E-state index in [1.54, 1.807) is 24.3 Å². The third kappa shape index (κ3) is 3.98. The zero-order chi connectivity index (χ0) is 20.5. The molecule has 0 bridgehead atoms. The van der Waals surface area contributed by atoms with Gasteiger partial charge in [-0.2, -0.15) is 0 Å². The van der Waals surface area contributed by atoms with Crippen LogP contribution in [0.3, 0.4) is 0 Å². The number of fused-ring (bicyclic) bond motifs is 1. The molecule has 4 rings (SSSR count). The van der Waals surface area contributed by atoms with Gasteiger partial charge in [-0.15, -0.1) is 0 Å². The van der Waals surface area contributed by atoms with E-state index in [1.165, 1.54) is 35.1 Å². The molecule has 6 heteroatoms. The Labute approximate surface area is 171 Å². The quantitative estimate of drug-likeness (QED) is 0.389. The minimum Gasteiger partial charge on any atom is -0.478 e.